The summed E-state index contributed by atoms with van der Waals surface area (Å²) in [7, 11) is 0. The number of aromatic nitrogens is 4. The van der Waals surface area contributed by atoms with Gasteiger partial charge in [-0.15, -0.1) is 0 Å². The summed E-state index contributed by atoms with van der Waals surface area (Å²) in [5.74, 6) is 2.67. The van der Waals surface area contributed by atoms with Crippen LogP contribution in [0.25, 0.3) is 5.82 Å². The molecule has 1 aliphatic rings. The Kier molecular flexibility index (Phi) is 2.85. The lowest BCUT2D eigenvalue weighted by Gasteiger charge is -2.11. The SMILES string of the molecule is Cc1nn(-c2nc(C3CC3)nc(N)c2C)c(C)c1Br. The van der Waals surface area contributed by atoms with E-state index in [2.05, 4.69) is 31.0 Å². The fraction of sp³-hybridized carbons (Fsp3) is 0.462. The molecular formula is C13H16BrN5. The third-order valence-corrected chi connectivity index (χ3v) is 4.67. The average Bonchev–Trinajstić information content (AvgIpc) is 3.18. The van der Waals surface area contributed by atoms with Gasteiger partial charge in [0.05, 0.1) is 15.9 Å². The van der Waals surface area contributed by atoms with E-state index in [1.54, 1.807) is 0 Å². The van der Waals surface area contributed by atoms with E-state index < -0.39 is 0 Å². The van der Waals surface area contributed by atoms with Crippen LogP contribution >= 0.6 is 15.9 Å². The topological polar surface area (TPSA) is 69.6 Å². The Morgan fingerprint density at radius 3 is 2.42 bits per heavy atom. The lowest BCUT2D eigenvalue weighted by atomic mass is 10.3. The number of aryl methyl sites for hydroxylation is 1. The second kappa shape index (κ2) is 4.30. The molecule has 19 heavy (non-hydrogen) atoms. The van der Waals surface area contributed by atoms with E-state index in [0.717, 1.165) is 45.9 Å². The molecule has 0 amide bonds. The van der Waals surface area contributed by atoms with E-state index in [4.69, 9.17) is 5.73 Å². The Hall–Kier alpha value is -1.43. The third-order valence-electron chi connectivity index (χ3n) is 3.52. The lowest BCUT2D eigenvalue weighted by molar-refractivity contribution is 0.774. The molecule has 3 rings (SSSR count). The molecule has 2 heterocycles. The molecule has 2 aromatic rings. The van der Waals surface area contributed by atoms with E-state index >= 15 is 0 Å². The van der Waals surface area contributed by atoms with Crippen LogP contribution in [0.3, 0.4) is 0 Å². The number of anilines is 1. The second-order valence-corrected chi connectivity index (χ2v) is 5.88. The van der Waals surface area contributed by atoms with Gasteiger partial charge in [-0.05, 0) is 49.5 Å². The predicted molar refractivity (Wildman–Crippen MR) is 77.5 cm³/mol. The van der Waals surface area contributed by atoms with Crippen LogP contribution in [0.5, 0.6) is 0 Å². The maximum atomic E-state index is 6.02. The molecule has 0 spiro atoms. The highest BCUT2D eigenvalue weighted by Gasteiger charge is 2.28. The van der Waals surface area contributed by atoms with Crippen molar-refractivity contribution in [2.24, 2.45) is 0 Å². The minimum absolute atomic E-state index is 0.474. The molecule has 1 aliphatic carbocycles. The van der Waals surface area contributed by atoms with Crippen LogP contribution in [0.2, 0.25) is 0 Å². The molecule has 0 saturated heterocycles. The number of hydrogen-bond acceptors (Lipinski definition) is 4. The molecule has 0 bridgehead atoms. The summed E-state index contributed by atoms with van der Waals surface area (Å²) in [5, 5.41) is 4.53. The maximum Gasteiger partial charge on any atom is 0.162 e. The van der Waals surface area contributed by atoms with Gasteiger partial charge in [-0.3, -0.25) is 0 Å². The molecule has 6 heteroatoms. The number of nitrogens with zero attached hydrogens (tertiary/aromatic N) is 4. The molecule has 2 aromatic heterocycles. The Balaban J connectivity index is 2.20. The Morgan fingerprint density at radius 1 is 1.21 bits per heavy atom. The zero-order chi connectivity index (χ0) is 13.7. The van der Waals surface area contributed by atoms with Crippen LogP contribution in [-0.2, 0) is 0 Å². The van der Waals surface area contributed by atoms with E-state index in [1.165, 1.54) is 0 Å². The van der Waals surface area contributed by atoms with Gasteiger partial charge in [0.15, 0.2) is 5.82 Å². The molecule has 0 unspecified atom stereocenters. The minimum Gasteiger partial charge on any atom is -0.383 e. The summed E-state index contributed by atoms with van der Waals surface area (Å²) < 4.78 is 2.86. The Labute approximate surface area is 120 Å². The summed E-state index contributed by atoms with van der Waals surface area (Å²) in [4.78, 5) is 9.06. The number of halogens is 1. The number of hydrogen-bond donors (Lipinski definition) is 1. The van der Waals surface area contributed by atoms with Crippen molar-refractivity contribution in [2.45, 2.75) is 39.5 Å². The Bertz CT molecular complexity index is 658. The van der Waals surface area contributed by atoms with Gasteiger partial charge >= 0.3 is 0 Å². The van der Waals surface area contributed by atoms with Crippen molar-refractivity contribution in [1.29, 1.82) is 0 Å². The van der Waals surface area contributed by atoms with Gasteiger partial charge in [0, 0.05) is 11.5 Å². The number of nitrogens with two attached hydrogens (primary N) is 1. The average molecular weight is 322 g/mol. The summed E-state index contributed by atoms with van der Waals surface area (Å²) in [5.41, 5.74) is 8.87. The third kappa shape index (κ3) is 2.04. The van der Waals surface area contributed by atoms with Crippen LogP contribution in [0.15, 0.2) is 4.47 Å². The summed E-state index contributed by atoms with van der Waals surface area (Å²) in [6.45, 7) is 5.92. The van der Waals surface area contributed by atoms with Crippen molar-refractivity contribution < 1.29 is 0 Å². The van der Waals surface area contributed by atoms with Crippen molar-refractivity contribution in [1.82, 2.24) is 19.7 Å². The van der Waals surface area contributed by atoms with Crippen LogP contribution in [0.4, 0.5) is 5.82 Å². The smallest absolute Gasteiger partial charge is 0.162 e. The van der Waals surface area contributed by atoms with Crippen LogP contribution in [-0.4, -0.2) is 19.7 Å². The molecule has 1 saturated carbocycles. The molecule has 5 nitrogen and oxygen atoms in total. The van der Waals surface area contributed by atoms with E-state index in [-0.39, 0.29) is 0 Å². The first-order chi connectivity index (χ1) is 8.99. The van der Waals surface area contributed by atoms with Crippen molar-refractivity contribution in [3.05, 3.63) is 27.2 Å². The molecule has 0 aliphatic heterocycles. The van der Waals surface area contributed by atoms with Crippen molar-refractivity contribution in [3.63, 3.8) is 0 Å². The standard InChI is InChI=1S/C13H16BrN5/c1-6-11(15)16-12(9-4-5-9)17-13(6)19-8(3)10(14)7(2)18-19/h9H,4-5H2,1-3H3,(H2,15,16,17). The molecule has 2 N–H and O–H groups in total. The quantitative estimate of drug-likeness (QED) is 0.923. The maximum absolute atomic E-state index is 6.02. The lowest BCUT2D eigenvalue weighted by Crippen LogP contribution is -2.11. The highest BCUT2D eigenvalue weighted by molar-refractivity contribution is 9.10. The summed E-state index contributed by atoms with van der Waals surface area (Å²) in [6, 6.07) is 0. The van der Waals surface area contributed by atoms with Crippen LogP contribution < -0.4 is 5.73 Å². The highest BCUT2D eigenvalue weighted by atomic mass is 79.9. The molecule has 0 atom stereocenters. The van der Waals surface area contributed by atoms with Crippen LogP contribution in [0.1, 0.15) is 41.5 Å². The van der Waals surface area contributed by atoms with Gasteiger partial charge in [0.2, 0.25) is 0 Å². The number of nitrogen functional groups attached to an aromatic ring is 1. The van der Waals surface area contributed by atoms with Gasteiger partial charge < -0.3 is 5.73 Å². The van der Waals surface area contributed by atoms with Gasteiger partial charge in [-0.1, -0.05) is 0 Å². The van der Waals surface area contributed by atoms with Gasteiger partial charge in [-0.2, -0.15) is 5.10 Å². The molecule has 0 aromatic carbocycles. The van der Waals surface area contributed by atoms with E-state index in [0.29, 0.717) is 11.7 Å². The molecule has 100 valence electrons. The van der Waals surface area contributed by atoms with Crippen molar-refractivity contribution >= 4 is 21.7 Å². The van der Waals surface area contributed by atoms with Crippen molar-refractivity contribution in [2.75, 3.05) is 5.73 Å². The van der Waals surface area contributed by atoms with E-state index in [1.807, 2.05) is 25.5 Å². The fourth-order valence-corrected chi connectivity index (χ4v) is 2.35. The fourth-order valence-electron chi connectivity index (χ4n) is 2.10. The number of rotatable bonds is 2. The highest BCUT2D eigenvalue weighted by Crippen LogP contribution is 2.39. The molecule has 0 radical (unpaired) electrons. The molecular weight excluding hydrogens is 306 g/mol. The van der Waals surface area contributed by atoms with Gasteiger partial charge in [-0.25, -0.2) is 14.6 Å². The first-order valence-electron chi connectivity index (χ1n) is 6.35. The van der Waals surface area contributed by atoms with Gasteiger partial charge in [0.1, 0.15) is 11.6 Å². The normalized spacial score (nSPS) is 14.9. The predicted octanol–water partition coefficient (Wildman–Crippen LogP) is 2.81. The van der Waals surface area contributed by atoms with Crippen LogP contribution in [0, 0.1) is 20.8 Å². The Morgan fingerprint density at radius 2 is 1.89 bits per heavy atom. The first kappa shape index (κ1) is 12.6. The zero-order valence-electron chi connectivity index (χ0n) is 11.2. The summed E-state index contributed by atoms with van der Waals surface area (Å²) >= 11 is 3.54. The summed E-state index contributed by atoms with van der Waals surface area (Å²) in [6.07, 6.45) is 2.31. The largest absolute Gasteiger partial charge is 0.383 e. The van der Waals surface area contributed by atoms with Gasteiger partial charge in [0.25, 0.3) is 0 Å². The van der Waals surface area contributed by atoms with E-state index in [9.17, 15) is 0 Å². The minimum atomic E-state index is 0.474. The first-order valence-corrected chi connectivity index (χ1v) is 7.14. The monoisotopic (exact) mass is 321 g/mol. The van der Waals surface area contributed by atoms with Crippen molar-refractivity contribution in [3.8, 4) is 5.82 Å². The second-order valence-electron chi connectivity index (χ2n) is 5.09. The molecule has 1 fully saturated rings. The zero-order valence-corrected chi connectivity index (χ0v) is 12.8.